The highest BCUT2D eigenvalue weighted by Gasteiger charge is 2.35. The SMILES string of the molecule is CC(=O)Nc1ccc(N2CC(C(=O)Nc3nnc(SCCCc4ccccc4)s3)CC2=O)cc1. The Hall–Kier alpha value is -3.24. The van der Waals surface area contributed by atoms with Gasteiger partial charge in [0.1, 0.15) is 0 Å². The van der Waals surface area contributed by atoms with Gasteiger partial charge in [0, 0.05) is 37.0 Å². The molecule has 1 aliphatic heterocycles. The molecule has 3 aromatic rings. The first kappa shape index (κ1) is 23.9. The van der Waals surface area contributed by atoms with Gasteiger partial charge in [-0.25, -0.2) is 0 Å². The molecule has 0 radical (unpaired) electrons. The van der Waals surface area contributed by atoms with Crippen LogP contribution in [0.4, 0.5) is 16.5 Å². The Balaban J connectivity index is 1.25. The summed E-state index contributed by atoms with van der Waals surface area (Å²) in [6.45, 7) is 1.73. The molecule has 1 atom stereocenters. The van der Waals surface area contributed by atoms with Crippen molar-refractivity contribution in [3.8, 4) is 0 Å². The smallest absolute Gasteiger partial charge is 0.231 e. The number of thioether (sulfide) groups is 1. The molecule has 176 valence electrons. The van der Waals surface area contributed by atoms with Crippen LogP contribution >= 0.6 is 23.1 Å². The number of nitrogens with zero attached hydrogens (tertiary/aromatic N) is 3. The third kappa shape index (κ3) is 6.42. The van der Waals surface area contributed by atoms with Gasteiger partial charge in [-0.1, -0.05) is 53.4 Å². The minimum Gasteiger partial charge on any atom is -0.326 e. The maximum Gasteiger partial charge on any atom is 0.231 e. The van der Waals surface area contributed by atoms with E-state index in [-0.39, 0.29) is 24.1 Å². The zero-order valence-corrected chi connectivity index (χ0v) is 20.3. The first-order chi connectivity index (χ1) is 16.5. The van der Waals surface area contributed by atoms with Gasteiger partial charge in [0.05, 0.1) is 5.92 Å². The van der Waals surface area contributed by atoms with E-state index in [2.05, 4.69) is 33.0 Å². The van der Waals surface area contributed by atoms with Crippen molar-refractivity contribution in [3.05, 3.63) is 60.2 Å². The van der Waals surface area contributed by atoms with Crippen molar-refractivity contribution in [1.82, 2.24) is 10.2 Å². The van der Waals surface area contributed by atoms with E-state index in [9.17, 15) is 14.4 Å². The Labute approximate surface area is 206 Å². The van der Waals surface area contributed by atoms with E-state index >= 15 is 0 Å². The lowest BCUT2D eigenvalue weighted by Gasteiger charge is -2.17. The van der Waals surface area contributed by atoms with Crippen LogP contribution in [0.15, 0.2) is 58.9 Å². The van der Waals surface area contributed by atoms with Crippen LogP contribution in [0.25, 0.3) is 0 Å². The lowest BCUT2D eigenvalue weighted by molar-refractivity contribution is -0.122. The molecule has 2 heterocycles. The number of aromatic nitrogens is 2. The zero-order valence-electron chi connectivity index (χ0n) is 18.7. The van der Waals surface area contributed by atoms with Gasteiger partial charge >= 0.3 is 0 Å². The molecule has 0 saturated carbocycles. The van der Waals surface area contributed by atoms with E-state index < -0.39 is 5.92 Å². The number of benzene rings is 2. The molecular formula is C24H25N5O3S2. The number of amides is 3. The van der Waals surface area contributed by atoms with Gasteiger partial charge in [-0.05, 0) is 42.7 Å². The summed E-state index contributed by atoms with van der Waals surface area (Å²) in [5.74, 6) is -0.0491. The van der Waals surface area contributed by atoms with Gasteiger partial charge in [-0.3, -0.25) is 14.4 Å². The van der Waals surface area contributed by atoms with E-state index in [1.807, 2.05) is 18.2 Å². The number of carbonyl (C=O) groups excluding carboxylic acids is 3. The molecular weight excluding hydrogens is 470 g/mol. The molecule has 1 saturated heterocycles. The third-order valence-electron chi connectivity index (χ3n) is 5.31. The maximum absolute atomic E-state index is 12.7. The summed E-state index contributed by atoms with van der Waals surface area (Å²) in [6, 6.07) is 17.3. The minimum absolute atomic E-state index is 0.112. The number of anilines is 3. The summed E-state index contributed by atoms with van der Waals surface area (Å²) in [7, 11) is 0. The monoisotopic (exact) mass is 495 g/mol. The van der Waals surface area contributed by atoms with Crippen molar-refractivity contribution in [3.63, 3.8) is 0 Å². The fraction of sp³-hybridized carbons (Fsp3) is 0.292. The van der Waals surface area contributed by atoms with Gasteiger partial charge in [-0.15, -0.1) is 10.2 Å². The summed E-state index contributed by atoms with van der Waals surface area (Å²) >= 11 is 2.97. The van der Waals surface area contributed by atoms with Gasteiger partial charge < -0.3 is 15.5 Å². The highest BCUT2D eigenvalue weighted by Crippen LogP contribution is 2.29. The molecule has 8 nitrogen and oxygen atoms in total. The van der Waals surface area contributed by atoms with E-state index in [1.54, 1.807) is 40.9 Å². The maximum atomic E-state index is 12.7. The van der Waals surface area contributed by atoms with Crippen LogP contribution in [-0.4, -0.2) is 40.2 Å². The molecule has 1 aromatic heterocycles. The van der Waals surface area contributed by atoms with Crippen LogP contribution in [0.3, 0.4) is 0 Å². The molecule has 0 aliphatic carbocycles. The Bertz CT molecular complexity index is 1150. The first-order valence-corrected chi connectivity index (χ1v) is 12.8. The Morgan fingerprint density at radius 3 is 2.59 bits per heavy atom. The van der Waals surface area contributed by atoms with Crippen molar-refractivity contribution in [1.29, 1.82) is 0 Å². The highest BCUT2D eigenvalue weighted by atomic mass is 32.2. The first-order valence-electron chi connectivity index (χ1n) is 11.0. The normalized spacial score (nSPS) is 15.4. The van der Waals surface area contributed by atoms with E-state index in [0.717, 1.165) is 22.9 Å². The molecule has 2 aromatic carbocycles. The van der Waals surface area contributed by atoms with Crippen LogP contribution in [0, 0.1) is 5.92 Å². The Morgan fingerprint density at radius 1 is 1.09 bits per heavy atom. The zero-order chi connectivity index (χ0) is 23.9. The van der Waals surface area contributed by atoms with Crippen molar-refractivity contribution in [2.75, 3.05) is 27.8 Å². The highest BCUT2D eigenvalue weighted by molar-refractivity contribution is 8.01. The molecule has 1 fully saturated rings. The number of rotatable bonds is 9. The molecule has 0 bridgehead atoms. The fourth-order valence-corrected chi connectivity index (χ4v) is 5.43. The summed E-state index contributed by atoms with van der Waals surface area (Å²) < 4.78 is 0.812. The summed E-state index contributed by atoms with van der Waals surface area (Å²) in [5.41, 5.74) is 2.67. The van der Waals surface area contributed by atoms with E-state index in [1.165, 1.54) is 23.8 Å². The second kappa shape index (κ2) is 11.3. The van der Waals surface area contributed by atoms with Gasteiger partial charge in [0.2, 0.25) is 22.9 Å². The molecule has 4 rings (SSSR count). The molecule has 3 amide bonds. The van der Waals surface area contributed by atoms with Gasteiger partial charge in [-0.2, -0.15) is 0 Å². The number of hydrogen-bond donors (Lipinski definition) is 2. The lowest BCUT2D eigenvalue weighted by atomic mass is 10.1. The summed E-state index contributed by atoms with van der Waals surface area (Å²) in [6.07, 6.45) is 2.18. The van der Waals surface area contributed by atoms with Crippen LogP contribution in [0.2, 0.25) is 0 Å². The Morgan fingerprint density at radius 2 is 1.85 bits per heavy atom. The predicted molar refractivity (Wildman–Crippen MR) is 135 cm³/mol. The standard InChI is InChI=1S/C24H25N5O3S2/c1-16(30)25-19-9-11-20(12-10-19)29-15-18(14-21(29)31)22(32)26-23-27-28-24(34-23)33-13-5-8-17-6-3-2-4-7-17/h2-4,6-7,9-12,18H,5,8,13-15H2,1H3,(H,25,30)(H,26,27,32). The number of carbonyl (C=O) groups is 3. The largest absolute Gasteiger partial charge is 0.326 e. The van der Waals surface area contributed by atoms with Crippen LogP contribution in [-0.2, 0) is 20.8 Å². The Kier molecular flexibility index (Phi) is 7.91. The van der Waals surface area contributed by atoms with Gasteiger partial charge in [0.25, 0.3) is 0 Å². The molecule has 10 heteroatoms. The molecule has 0 spiro atoms. The topological polar surface area (TPSA) is 104 Å². The lowest BCUT2D eigenvalue weighted by Crippen LogP contribution is -2.28. The number of nitrogens with one attached hydrogen (secondary N) is 2. The summed E-state index contributed by atoms with van der Waals surface area (Å²) in [4.78, 5) is 38.0. The van der Waals surface area contributed by atoms with Gasteiger partial charge in [0.15, 0.2) is 4.34 Å². The fourth-order valence-electron chi connectivity index (χ4n) is 3.67. The van der Waals surface area contributed by atoms with E-state index in [4.69, 9.17) is 0 Å². The minimum atomic E-state index is -0.464. The van der Waals surface area contributed by atoms with Crippen molar-refractivity contribution >= 4 is 57.3 Å². The average molecular weight is 496 g/mol. The number of aryl methyl sites for hydroxylation is 1. The van der Waals surface area contributed by atoms with Crippen molar-refractivity contribution in [2.45, 2.75) is 30.5 Å². The number of hydrogen-bond acceptors (Lipinski definition) is 7. The average Bonchev–Trinajstić information content (AvgIpc) is 3.44. The van der Waals surface area contributed by atoms with Crippen LogP contribution in [0.1, 0.15) is 25.3 Å². The van der Waals surface area contributed by atoms with Crippen molar-refractivity contribution < 1.29 is 14.4 Å². The second-order valence-electron chi connectivity index (χ2n) is 7.93. The predicted octanol–water partition coefficient (Wildman–Crippen LogP) is 4.21. The molecule has 1 unspecified atom stereocenters. The quantitative estimate of drug-likeness (QED) is 0.262. The molecule has 1 aliphatic rings. The van der Waals surface area contributed by atoms with Crippen molar-refractivity contribution in [2.24, 2.45) is 5.92 Å². The van der Waals surface area contributed by atoms with Crippen LogP contribution < -0.4 is 15.5 Å². The van der Waals surface area contributed by atoms with E-state index in [0.29, 0.717) is 23.1 Å². The summed E-state index contributed by atoms with van der Waals surface area (Å²) in [5, 5.41) is 14.2. The van der Waals surface area contributed by atoms with Crippen LogP contribution in [0.5, 0.6) is 0 Å². The second-order valence-corrected chi connectivity index (χ2v) is 10.3. The molecule has 2 N–H and O–H groups in total. The third-order valence-corrected chi connectivity index (χ3v) is 7.37. The molecule has 34 heavy (non-hydrogen) atoms.